The predicted octanol–water partition coefficient (Wildman–Crippen LogP) is 12.2. The van der Waals surface area contributed by atoms with Crippen LogP contribution in [-0.4, -0.2) is 65.7 Å². The lowest BCUT2D eigenvalue weighted by Crippen LogP contribution is -2.29. The molecule has 59 heavy (non-hydrogen) atoms. The van der Waals surface area contributed by atoms with E-state index in [2.05, 4.69) is 91.3 Å². The second kappa shape index (κ2) is 43.2. The molecule has 0 rings (SSSR count). The number of allylic oxidation sites excluding steroid dienone is 14. The lowest BCUT2D eigenvalue weighted by atomic mass is 10.1. The molecule has 0 saturated heterocycles. The third-order valence-corrected chi connectivity index (χ3v) is 10.00. The number of ether oxygens (including phenoxy) is 2. The fourth-order valence-corrected chi connectivity index (χ4v) is 6.39. The molecule has 10 nitrogen and oxygen atoms in total. The predicted molar refractivity (Wildman–Crippen MR) is 242 cm³/mol. The molecule has 338 valence electrons. The lowest BCUT2D eigenvalue weighted by Gasteiger charge is -2.20. The molecule has 0 aromatic carbocycles. The third kappa shape index (κ3) is 43.1. The van der Waals surface area contributed by atoms with Crippen molar-refractivity contribution < 1.29 is 47.8 Å². The first-order valence-electron chi connectivity index (χ1n) is 22.5. The van der Waals surface area contributed by atoms with Crippen molar-refractivity contribution in [1.29, 1.82) is 0 Å². The van der Waals surface area contributed by atoms with E-state index < -0.39 is 51.8 Å². The van der Waals surface area contributed by atoms with Gasteiger partial charge in [0.1, 0.15) is 12.7 Å². The van der Waals surface area contributed by atoms with E-state index in [1.165, 1.54) is 64.2 Å². The number of phosphoric acid groups is 1. The molecule has 0 aromatic rings. The van der Waals surface area contributed by atoms with Gasteiger partial charge in [-0.15, -0.1) is 0 Å². The van der Waals surface area contributed by atoms with Gasteiger partial charge in [-0.05, 0) is 77.0 Å². The standard InChI is InChI=1S/C48H81O10P/c1-3-5-7-9-11-13-15-17-19-21-22-24-25-27-29-31-33-35-37-39-47(51)55-43-46(44-57-59(53,54)56-42-45(50)41-49)58-48(52)40-38-36-34-32-30-28-26-23-20-18-16-14-12-10-8-6-4-2/h5,7,11,13,17-20,22,24,27,29,33,35,45-46,49-50H,3-4,6,8-10,12,14-16,21,23,25-26,28,30-32,34,36-44H2,1-2H3,(H,53,54)/b7-5-,13-11-,19-17-,20-18-,24-22-,29-27-,35-33-/t45-,46+/m0/s1. The van der Waals surface area contributed by atoms with Crippen molar-refractivity contribution in [2.45, 2.75) is 180 Å². The van der Waals surface area contributed by atoms with Crippen LogP contribution in [0.5, 0.6) is 0 Å². The van der Waals surface area contributed by atoms with Crippen molar-refractivity contribution in [2.24, 2.45) is 0 Å². The summed E-state index contributed by atoms with van der Waals surface area (Å²) in [5.41, 5.74) is 0. The minimum atomic E-state index is -4.64. The second-order valence-electron chi connectivity index (χ2n) is 14.7. The second-order valence-corrected chi connectivity index (χ2v) is 16.1. The number of carbonyl (C=O) groups is 2. The van der Waals surface area contributed by atoms with Crippen LogP contribution in [0, 0.1) is 0 Å². The largest absolute Gasteiger partial charge is 0.472 e. The molecule has 3 N–H and O–H groups in total. The van der Waals surface area contributed by atoms with Gasteiger partial charge in [0.25, 0.3) is 0 Å². The van der Waals surface area contributed by atoms with Gasteiger partial charge in [0, 0.05) is 12.8 Å². The molecule has 3 atom stereocenters. The summed E-state index contributed by atoms with van der Waals surface area (Å²) in [5, 5.41) is 18.3. The molecule has 0 saturated carbocycles. The zero-order chi connectivity index (χ0) is 43.3. The number of hydrogen-bond acceptors (Lipinski definition) is 9. The maximum Gasteiger partial charge on any atom is 0.472 e. The van der Waals surface area contributed by atoms with Crippen molar-refractivity contribution in [2.75, 3.05) is 26.4 Å². The van der Waals surface area contributed by atoms with Gasteiger partial charge in [0.2, 0.25) is 0 Å². The van der Waals surface area contributed by atoms with Gasteiger partial charge >= 0.3 is 19.8 Å². The fraction of sp³-hybridized carbons (Fsp3) is 0.667. The average molecular weight is 849 g/mol. The molecule has 0 aliphatic heterocycles. The maximum absolute atomic E-state index is 12.6. The summed E-state index contributed by atoms with van der Waals surface area (Å²) in [4.78, 5) is 35.0. The topological polar surface area (TPSA) is 149 Å². The normalized spacial score (nSPS) is 14.6. The Morgan fingerprint density at radius 1 is 0.525 bits per heavy atom. The number of rotatable bonds is 41. The molecule has 0 heterocycles. The molecule has 0 fully saturated rings. The molecule has 0 amide bonds. The number of phosphoric ester groups is 1. The fourth-order valence-electron chi connectivity index (χ4n) is 5.60. The molecular formula is C48H81O10P. The quantitative estimate of drug-likeness (QED) is 0.0235. The van der Waals surface area contributed by atoms with Gasteiger partial charge in [0.15, 0.2) is 6.10 Å². The first-order valence-corrected chi connectivity index (χ1v) is 24.0. The number of hydrogen-bond donors (Lipinski definition) is 3. The molecule has 0 spiro atoms. The van der Waals surface area contributed by atoms with Crippen LogP contribution in [0.2, 0.25) is 0 Å². The summed E-state index contributed by atoms with van der Waals surface area (Å²) >= 11 is 0. The van der Waals surface area contributed by atoms with E-state index in [1.807, 2.05) is 12.2 Å². The summed E-state index contributed by atoms with van der Waals surface area (Å²) in [6.07, 6.45) is 51.3. The first kappa shape index (κ1) is 56.1. The Morgan fingerprint density at radius 2 is 0.966 bits per heavy atom. The summed E-state index contributed by atoms with van der Waals surface area (Å²) < 4.78 is 32.7. The number of carbonyl (C=O) groups excluding carboxylic acids is 2. The lowest BCUT2D eigenvalue weighted by molar-refractivity contribution is -0.161. The van der Waals surface area contributed by atoms with E-state index in [0.29, 0.717) is 12.8 Å². The van der Waals surface area contributed by atoms with Crippen LogP contribution in [0.4, 0.5) is 0 Å². The molecule has 0 aliphatic rings. The van der Waals surface area contributed by atoms with Crippen LogP contribution in [0.15, 0.2) is 85.1 Å². The van der Waals surface area contributed by atoms with Gasteiger partial charge in [-0.25, -0.2) is 4.57 Å². The highest BCUT2D eigenvalue weighted by Crippen LogP contribution is 2.43. The number of aliphatic hydroxyl groups is 2. The van der Waals surface area contributed by atoms with Gasteiger partial charge in [-0.2, -0.15) is 0 Å². The van der Waals surface area contributed by atoms with Crippen molar-refractivity contribution in [3.8, 4) is 0 Å². The summed E-state index contributed by atoms with van der Waals surface area (Å²) in [5.74, 6) is -1.03. The third-order valence-electron chi connectivity index (χ3n) is 9.05. The minimum absolute atomic E-state index is 0.111. The Hall–Kier alpha value is -2.85. The van der Waals surface area contributed by atoms with Crippen LogP contribution < -0.4 is 0 Å². The summed E-state index contributed by atoms with van der Waals surface area (Å²) in [6.45, 7) is 2.16. The Labute approximate surface area is 358 Å². The number of aliphatic hydroxyl groups excluding tert-OH is 2. The van der Waals surface area contributed by atoms with E-state index >= 15 is 0 Å². The van der Waals surface area contributed by atoms with E-state index in [1.54, 1.807) is 0 Å². The molecule has 0 aliphatic carbocycles. The van der Waals surface area contributed by atoms with E-state index in [4.69, 9.17) is 19.1 Å². The highest BCUT2D eigenvalue weighted by Gasteiger charge is 2.27. The minimum Gasteiger partial charge on any atom is -0.462 e. The molecule has 0 aromatic heterocycles. The molecule has 1 unspecified atom stereocenters. The van der Waals surface area contributed by atoms with Crippen molar-refractivity contribution in [3.05, 3.63) is 85.1 Å². The highest BCUT2D eigenvalue weighted by molar-refractivity contribution is 7.47. The smallest absolute Gasteiger partial charge is 0.462 e. The van der Waals surface area contributed by atoms with Crippen LogP contribution in [-0.2, 0) is 32.7 Å². The van der Waals surface area contributed by atoms with Crippen LogP contribution in [0.3, 0.4) is 0 Å². The van der Waals surface area contributed by atoms with Crippen LogP contribution >= 0.6 is 7.82 Å². The van der Waals surface area contributed by atoms with Gasteiger partial charge < -0.3 is 24.6 Å². The Balaban J connectivity index is 4.41. The molecule has 0 radical (unpaired) electrons. The maximum atomic E-state index is 12.6. The summed E-state index contributed by atoms with van der Waals surface area (Å²) in [6, 6.07) is 0. The van der Waals surface area contributed by atoms with E-state index in [0.717, 1.165) is 64.2 Å². The molecular weight excluding hydrogens is 767 g/mol. The van der Waals surface area contributed by atoms with Crippen LogP contribution in [0.1, 0.15) is 168 Å². The van der Waals surface area contributed by atoms with Gasteiger partial charge in [0.05, 0.1) is 19.8 Å². The Bertz CT molecular complexity index is 1250. The highest BCUT2D eigenvalue weighted by atomic mass is 31.2. The number of esters is 2. The first-order chi connectivity index (χ1) is 28.7. The Kier molecular flexibility index (Phi) is 41.2. The van der Waals surface area contributed by atoms with Crippen molar-refractivity contribution in [1.82, 2.24) is 0 Å². The average Bonchev–Trinajstić information content (AvgIpc) is 3.22. The van der Waals surface area contributed by atoms with Crippen molar-refractivity contribution in [3.63, 3.8) is 0 Å². The SMILES string of the molecule is CC/C=C\C/C=C\C/C=C\C/C=C\C/C=C\C/C=C\CCC(=O)OC[C@H](COP(=O)(O)OC[C@@H](O)CO)OC(=O)CCCCCCCCC/C=C\CCCCCCCC. The molecule has 11 heteroatoms. The molecule has 0 bridgehead atoms. The van der Waals surface area contributed by atoms with Gasteiger partial charge in [-0.3, -0.25) is 18.6 Å². The van der Waals surface area contributed by atoms with E-state index in [-0.39, 0.29) is 19.4 Å². The van der Waals surface area contributed by atoms with Gasteiger partial charge in [-0.1, -0.05) is 163 Å². The summed E-state index contributed by atoms with van der Waals surface area (Å²) in [7, 11) is -4.64. The van der Waals surface area contributed by atoms with E-state index in [9.17, 15) is 24.2 Å². The number of unbranched alkanes of at least 4 members (excludes halogenated alkanes) is 13. The van der Waals surface area contributed by atoms with Crippen LogP contribution in [0.25, 0.3) is 0 Å². The Morgan fingerprint density at radius 3 is 1.47 bits per heavy atom. The monoisotopic (exact) mass is 849 g/mol. The zero-order valence-electron chi connectivity index (χ0n) is 36.7. The zero-order valence-corrected chi connectivity index (χ0v) is 37.6. The van der Waals surface area contributed by atoms with Crippen molar-refractivity contribution >= 4 is 19.8 Å².